The van der Waals surface area contributed by atoms with Crippen LogP contribution < -0.4 is 5.32 Å². The predicted molar refractivity (Wildman–Crippen MR) is 273 cm³/mol. The Kier molecular flexibility index (Phi) is 51.0. The number of hydrogen-bond acceptors (Lipinski definition) is 4. The third-order valence-electron chi connectivity index (χ3n) is 12.9. The molecule has 0 bridgehead atoms. The summed E-state index contributed by atoms with van der Waals surface area (Å²) in [6.45, 7) is 4.23. The van der Waals surface area contributed by atoms with E-state index in [0.29, 0.717) is 6.42 Å². The predicted octanol–water partition coefficient (Wildman–Crippen LogP) is 17.1. The molecule has 0 rings (SSSR count). The lowest BCUT2D eigenvalue weighted by atomic mass is 10.0. The number of allylic oxidation sites excluding steroid dienone is 5. The number of carbonyl (C=O) groups excluding carboxylic acids is 1. The zero-order valence-corrected chi connectivity index (χ0v) is 41.8. The van der Waals surface area contributed by atoms with Crippen LogP contribution in [0.3, 0.4) is 0 Å². The van der Waals surface area contributed by atoms with E-state index >= 15 is 0 Å². The van der Waals surface area contributed by atoms with Crippen molar-refractivity contribution in [1.29, 1.82) is 0 Å². The van der Waals surface area contributed by atoms with E-state index in [0.717, 1.165) is 38.5 Å². The highest BCUT2D eigenvalue weighted by molar-refractivity contribution is 5.76. The van der Waals surface area contributed by atoms with Gasteiger partial charge in [0.05, 0.1) is 31.3 Å². The summed E-state index contributed by atoms with van der Waals surface area (Å²) in [5.74, 6) is -0.324. The molecule has 3 unspecified atom stereocenters. The summed E-state index contributed by atoms with van der Waals surface area (Å²) >= 11 is 0. The number of nitrogens with one attached hydrogen (secondary N) is 1. The van der Waals surface area contributed by atoms with E-state index in [2.05, 4.69) is 43.5 Å². The fourth-order valence-corrected chi connectivity index (χ4v) is 8.67. The molecule has 5 nitrogen and oxygen atoms in total. The van der Waals surface area contributed by atoms with Crippen molar-refractivity contribution in [3.63, 3.8) is 0 Å². The van der Waals surface area contributed by atoms with Crippen LogP contribution in [0.2, 0.25) is 0 Å². The number of aliphatic hydroxyl groups excluding tert-OH is 3. The Labute approximate surface area is 387 Å². The van der Waals surface area contributed by atoms with Gasteiger partial charge in [-0.2, -0.15) is 0 Å². The largest absolute Gasteiger partial charge is 0.394 e. The number of carbonyl (C=O) groups is 1. The summed E-state index contributed by atoms with van der Waals surface area (Å²) in [6, 6.07) is -0.767. The minimum Gasteiger partial charge on any atom is -0.394 e. The van der Waals surface area contributed by atoms with E-state index in [1.807, 2.05) is 6.08 Å². The highest BCUT2D eigenvalue weighted by Gasteiger charge is 2.20. The topological polar surface area (TPSA) is 89.8 Å². The van der Waals surface area contributed by atoms with Crippen molar-refractivity contribution >= 4 is 5.91 Å². The fraction of sp³-hybridized carbons (Fsp3) is 0.877. The van der Waals surface area contributed by atoms with Gasteiger partial charge in [0.25, 0.3) is 0 Å². The Bertz CT molecular complexity index is 962. The van der Waals surface area contributed by atoms with Crippen molar-refractivity contribution in [2.45, 2.75) is 315 Å². The lowest BCUT2D eigenvalue weighted by Crippen LogP contribution is -2.45. The van der Waals surface area contributed by atoms with Gasteiger partial charge in [-0.3, -0.25) is 4.79 Å². The second-order valence-electron chi connectivity index (χ2n) is 19.2. The summed E-state index contributed by atoms with van der Waals surface area (Å²) in [7, 11) is 0. The lowest BCUT2D eigenvalue weighted by molar-refractivity contribution is -0.124. The molecule has 0 saturated heterocycles. The van der Waals surface area contributed by atoms with Crippen LogP contribution in [0, 0.1) is 0 Å². The van der Waals surface area contributed by atoms with Gasteiger partial charge < -0.3 is 20.6 Å². The summed E-state index contributed by atoms with van der Waals surface area (Å²) in [5.41, 5.74) is 0. The van der Waals surface area contributed by atoms with Crippen LogP contribution in [-0.4, -0.2) is 46.1 Å². The molecule has 0 fully saturated rings. The van der Waals surface area contributed by atoms with Crippen molar-refractivity contribution in [2.24, 2.45) is 0 Å². The normalized spacial score (nSPS) is 13.6. The third-order valence-corrected chi connectivity index (χ3v) is 12.9. The van der Waals surface area contributed by atoms with E-state index in [-0.39, 0.29) is 18.9 Å². The van der Waals surface area contributed by atoms with Gasteiger partial charge in [0.2, 0.25) is 5.91 Å². The molecule has 0 spiro atoms. The maximum Gasteiger partial charge on any atom is 0.222 e. The lowest BCUT2D eigenvalue weighted by Gasteiger charge is -2.21. The molecule has 1 amide bonds. The number of hydrogen-bond donors (Lipinski definition) is 4. The smallest absolute Gasteiger partial charge is 0.222 e. The minimum absolute atomic E-state index is 0.00567. The van der Waals surface area contributed by atoms with Gasteiger partial charge in [-0.05, 0) is 44.9 Å². The van der Waals surface area contributed by atoms with E-state index in [9.17, 15) is 20.1 Å². The van der Waals surface area contributed by atoms with Crippen molar-refractivity contribution in [1.82, 2.24) is 5.32 Å². The molecule has 0 aromatic carbocycles. The molecule has 0 aromatic heterocycles. The van der Waals surface area contributed by atoms with Crippen molar-refractivity contribution in [3.05, 3.63) is 36.5 Å². The molecule has 0 saturated carbocycles. The van der Waals surface area contributed by atoms with Crippen molar-refractivity contribution in [3.8, 4) is 0 Å². The molecule has 0 radical (unpaired) electrons. The average Bonchev–Trinajstić information content (AvgIpc) is 3.27. The molecule has 4 N–H and O–H groups in total. The third kappa shape index (κ3) is 48.0. The second kappa shape index (κ2) is 52.2. The van der Waals surface area contributed by atoms with Gasteiger partial charge in [0, 0.05) is 0 Å². The maximum absolute atomic E-state index is 12.5. The van der Waals surface area contributed by atoms with Gasteiger partial charge in [0.1, 0.15) is 0 Å². The first-order chi connectivity index (χ1) is 30.5. The molecule has 0 aromatic rings. The standard InChI is InChI=1S/C57H109NO4/c1-3-5-7-9-11-13-15-17-19-21-23-25-26-27-28-29-31-32-34-36-38-40-42-44-46-48-50-54(60)52-57(62)58-55(53-59)56(61)51-49-47-45-43-41-39-37-35-33-30-24-22-20-18-16-14-12-10-8-6-4-2/h33,35,41,43,49,51,54-56,59-61H,3-32,34,36-40,42,44-48,50,52-53H2,1-2H3,(H,58,62)/b35-33+,43-41+,51-49+. The van der Waals surface area contributed by atoms with E-state index in [4.69, 9.17) is 0 Å². The molecule has 5 heteroatoms. The molecular weight excluding hydrogens is 763 g/mol. The van der Waals surface area contributed by atoms with E-state index in [1.165, 1.54) is 231 Å². The quantitative estimate of drug-likeness (QED) is 0.0362. The Morgan fingerprint density at radius 2 is 0.694 bits per heavy atom. The van der Waals surface area contributed by atoms with E-state index < -0.39 is 18.2 Å². The van der Waals surface area contributed by atoms with Crippen LogP contribution in [-0.2, 0) is 4.79 Å². The molecule has 0 aliphatic rings. The first kappa shape index (κ1) is 60.6. The van der Waals surface area contributed by atoms with Crippen LogP contribution in [0.15, 0.2) is 36.5 Å². The van der Waals surface area contributed by atoms with Crippen LogP contribution in [0.1, 0.15) is 296 Å². The first-order valence-corrected chi connectivity index (χ1v) is 27.8. The van der Waals surface area contributed by atoms with Gasteiger partial charge in [-0.25, -0.2) is 0 Å². The number of aliphatic hydroxyl groups is 3. The molecule has 0 aliphatic heterocycles. The molecule has 0 aliphatic carbocycles. The average molecular weight is 873 g/mol. The monoisotopic (exact) mass is 872 g/mol. The summed E-state index contributed by atoms with van der Waals surface area (Å²) in [5, 5.41) is 33.4. The molecule has 0 heterocycles. The van der Waals surface area contributed by atoms with E-state index in [1.54, 1.807) is 6.08 Å². The summed E-state index contributed by atoms with van der Waals surface area (Å²) in [4.78, 5) is 12.5. The summed E-state index contributed by atoms with van der Waals surface area (Å²) < 4.78 is 0. The molecule has 62 heavy (non-hydrogen) atoms. The summed E-state index contributed by atoms with van der Waals surface area (Å²) in [6.07, 6.45) is 67.6. The van der Waals surface area contributed by atoms with Crippen molar-refractivity contribution < 1.29 is 20.1 Å². The zero-order valence-electron chi connectivity index (χ0n) is 41.8. The minimum atomic E-state index is -0.959. The first-order valence-electron chi connectivity index (χ1n) is 27.8. The number of amides is 1. The SMILES string of the molecule is CCCCCCCCCCCCC/C=C/CC/C=C/CC/C=C/C(O)C(CO)NC(=O)CC(O)CCCCCCCCCCCCCCCCCCCCCCCCCCCC. The van der Waals surface area contributed by atoms with Crippen LogP contribution in [0.25, 0.3) is 0 Å². The Morgan fingerprint density at radius 3 is 1.03 bits per heavy atom. The molecule has 3 atom stereocenters. The number of rotatable bonds is 51. The second-order valence-corrected chi connectivity index (χ2v) is 19.2. The maximum atomic E-state index is 12.5. The van der Waals surface area contributed by atoms with Crippen LogP contribution >= 0.6 is 0 Å². The van der Waals surface area contributed by atoms with Crippen LogP contribution in [0.4, 0.5) is 0 Å². The van der Waals surface area contributed by atoms with Gasteiger partial charge in [0.15, 0.2) is 0 Å². The van der Waals surface area contributed by atoms with Gasteiger partial charge >= 0.3 is 0 Å². The van der Waals surface area contributed by atoms with Gasteiger partial charge in [-0.1, -0.05) is 281 Å². The molecule has 366 valence electrons. The Balaban J connectivity index is 3.60. The van der Waals surface area contributed by atoms with Crippen molar-refractivity contribution in [2.75, 3.05) is 6.61 Å². The number of unbranched alkanes of at least 4 members (excludes halogenated alkanes) is 38. The van der Waals surface area contributed by atoms with Crippen LogP contribution in [0.5, 0.6) is 0 Å². The zero-order chi connectivity index (χ0) is 45.1. The Hall–Kier alpha value is -1.43. The fourth-order valence-electron chi connectivity index (χ4n) is 8.67. The Morgan fingerprint density at radius 1 is 0.403 bits per heavy atom. The highest BCUT2D eigenvalue weighted by atomic mass is 16.3. The molecular formula is C57H109NO4. The highest BCUT2D eigenvalue weighted by Crippen LogP contribution is 2.17. The van der Waals surface area contributed by atoms with Gasteiger partial charge in [-0.15, -0.1) is 0 Å².